The molecule has 0 aliphatic carbocycles. The van der Waals surface area contributed by atoms with Crippen molar-refractivity contribution in [2.75, 3.05) is 6.61 Å². The Morgan fingerprint density at radius 1 is 1.27 bits per heavy atom. The first-order valence-electron chi connectivity index (χ1n) is 7.71. The van der Waals surface area contributed by atoms with Crippen molar-refractivity contribution < 1.29 is 17.9 Å². The van der Waals surface area contributed by atoms with Crippen LogP contribution in [0.25, 0.3) is 22.3 Å². The Hall–Kier alpha value is -3.12. The molecule has 6 nitrogen and oxygen atoms in total. The Bertz CT molecular complexity index is 1000. The van der Waals surface area contributed by atoms with E-state index >= 15 is 0 Å². The number of nitrogens with zero attached hydrogens (tertiary/aromatic N) is 3. The number of nitrogens with one attached hydrogen (secondary N) is 1. The van der Waals surface area contributed by atoms with Gasteiger partial charge in [-0.2, -0.15) is 18.4 Å². The average Bonchev–Trinajstić information content (AvgIpc) is 3.03. The maximum atomic E-state index is 13.3. The van der Waals surface area contributed by atoms with E-state index in [1.807, 2.05) is 6.07 Å². The molecule has 0 radical (unpaired) electrons. The van der Waals surface area contributed by atoms with Gasteiger partial charge in [-0.1, -0.05) is 0 Å². The van der Waals surface area contributed by atoms with E-state index in [2.05, 4.69) is 15.0 Å². The van der Waals surface area contributed by atoms with Crippen LogP contribution in [0.3, 0.4) is 0 Å². The highest BCUT2D eigenvalue weighted by Crippen LogP contribution is 2.39. The van der Waals surface area contributed by atoms with Gasteiger partial charge < -0.3 is 15.5 Å². The maximum Gasteiger partial charge on any atom is 0.419 e. The van der Waals surface area contributed by atoms with Gasteiger partial charge >= 0.3 is 6.18 Å². The molecular weight excluding hydrogens is 347 g/mol. The number of hydrogen-bond acceptors (Lipinski definition) is 5. The molecule has 26 heavy (non-hydrogen) atoms. The Kier molecular flexibility index (Phi) is 4.52. The molecule has 1 aromatic carbocycles. The number of H-pyrrole nitrogens is 1. The molecule has 0 amide bonds. The molecule has 0 spiro atoms. The van der Waals surface area contributed by atoms with Crippen molar-refractivity contribution in [3.63, 3.8) is 0 Å². The van der Waals surface area contributed by atoms with Gasteiger partial charge in [-0.05, 0) is 31.2 Å². The van der Waals surface area contributed by atoms with Gasteiger partial charge in [0, 0.05) is 5.56 Å². The molecule has 0 bridgehead atoms. The Balaban J connectivity index is 2.18. The van der Waals surface area contributed by atoms with Crippen molar-refractivity contribution in [2.45, 2.75) is 19.6 Å². The summed E-state index contributed by atoms with van der Waals surface area (Å²) in [4.78, 5) is 11.2. The van der Waals surface area contributed by atoms with E-state index < -0.39 is 11.7 Å². The van der Waals surface area contributed by atoms with E-state index in [0.29, 0.717) is 16.9 Å². The zero-order chi connectivity index (χ0) is 18.9. The number of nitriles is 1. The Morgan fingerprint density at radius 2 is 2.04 bits per heavy atom. The molecule has 0 fully saturated rings. The smallest absolute Gasteiger partial charge is 0.419 e. The summed E-state index contributed by atoms with van der Waals surface area (Å²) in [6, 6.07) is 7.13. The molecule has 3 N–H and O–H groups in total. The van der Waals surface area contributed by atoms with Crippen LogP contribution in [0, 0.1) is 11.3 Å². The van der Waals surface area contributed by atoms with Crippen molar-refractivity contribution in [3.05, 3.63) is 41.3 Å². The number of fused-ring (bicyclic) bond motifs is 1. The largest absolute Gasteiger partial charge is 0.493 e. The number of pyridine rings is 1. The lowest BCUT2D eigenvalue weighted by atomic mass is 10.1. The normalized spacial score (nSPS) is 11.5. The molecule has 2 aromatic heterocycles. The van der Waals surface area contributed by atoms with E-state index in [1.54, 1.807) is 6.92 Å². The third-order valence-corrected chi connectivity index (χ3v) is 3.70. The number of aromatic amines is 1. The second-order valence-electron chi connectivity index (χ2n) is 5.39. The van der Waals surface area contributed by atoms with E-state index in [4.69, 9.17) is 10.5 Å². The fraction of sp³-hybridized carbons (Fsp3) is 0.235. The van der Waals surface area contributed by atoms with Crippen molar-refractivity contribution >= 4 is 11.0 Å². The number of aromatic nitrogens is 3. The number of ether oxygens (including phenoxy) is 1. The number of hydrogen-bond donors (Lipinski definition) is 2. The number of halogens is 3. The second kappa shape index (κ2) is 6.65. The molecule has 3 rings (SSSR count). The first-order chi connectivity index (χ1) is 12.4. The number of benzene rings is 1. The monoisotopic (exact) mass is 361 g/mol. The molecule has 3 aromatic rings. The molecule has 2 heterocycles. The SMILES string of the molecule is CCOc1ccc(-c2cc3[nH]c(CN)nc3c(C#N)n2)cc1C(F)(F)F. The van der Waals surface area contributed by atoms with Crippen LogP contribution in [0.2, 0.25) is 0 Å². The zero-order valence-corrected chi connectivity index (χ0v) is 13.7. The minimum atomic E-state index is -4.58. The predicted octanol–water partition coefficient (Wildman–Crippen LogP) is 3.37. The summed E-state index contributed by atoms with van der Waals surface area (Å²) in [5, 5.41) is 9.29. The first kappa shape index (κ1) is 17.7. The summed E-state index contributed by atoms with van der Waals surface area (Å²) in [5.41, 5.74) is 5.88. The standard InChI is InChI=1S/C17H14F3N5O/c1-2-26-14-4-3-9(5-10(14)17(18,19)20)11-6-12-16(13(7-21)23-11)25-15(8-22)24-12/h3-6H,2,8,22H2,1H3,(H,24,25). The summed E-state index contributed by atoms with van der Waals surface area (Å²) in [7, 11) is 0. The third-order valence-electron chi connectivity index (χ3n) is 3.70. The van der Waals surface area contributed by atoms with Crippen LogP contribution in [0.4, 0.5) is 13.2 Å². The van der Waals surface area contributed by atoms with E-state index in [-0.39, 0.29) is 35.9 Å². The van der Waals surface area contributed by atoms with Gasteiger partial charge in [0.2, 0.25) is 0 Å². The lowest BCUT2D eigenvalue weighted by molar-refractivity contribution is -0.138. The number of alkyl halides is 3. The summed E-state index contributed by atoms with van der Waals surface area (Å²) >= 11 is 0. The first-order valence-corrected chi connectivity index (χ1v) is 7.71. The molecule has 0 saturated heterocycles. The quantitative estimate of drug-likeness (QED) is 0.742. The average molecular weight is 361 g/mol. The van der Waals surface area contributed by atoms with Crippen molar-refractivity contribution in [2.24, 2.45) is 5.73 Å². The fourth-order valence-corrected chi connectivity index (χ4v) is 2.58. The lowest BCUT2D eigenvalue weighted by Gasteiger charge is -2.14. The van der Waals surface area contributed by atoms with Gasteiger partial charge in [-0.25, -0.2) is 9.97 Å². The molecule has 0 aliphatic heterocycles. The molecule has 0 atom stereocenters. The van der Waals surface area contributed by atoms with Crippen LogP contribution in [-0.4, -0.2) is 21.6 Å². The van der Waals surface area contributed by atoms with Crippen LogP contribution in [-0.2, 0) is 12.7 Å². The van der Waals surface area contributed by atoms with Gasteiger partial charge in [0.1, 0.15) is 23.2 Å². The van der Waals surface area contributed by atoms with Crippen LogP contribution >= 0.6 is 0 Å². The van der Waals surface area contributed by atoms with Crippen LogP contribution in [0.5, 0.6) is 5.75 Å². The Labute approximate surface area is 146 Å². The summed E-state index contributed by atoms with van der Waals surface area (Å²) in [6.45, 7) is 1.85. The highest BCUT2D eigenvalue weighted by molar-refractivity contribution is 5.84. The second-order valence-corrected chi connectivity index (χ2v) is 5.39. The van der Waals surface area contributed by atoms with Gasteiger partial charge in [-0.3, -0.25) is 0 Å². The molecule has 0 unspecified atom stereocenters. The topological polar surface area (TPSA) is 101 Å². The van der Waals surface area contributed by atoms with Crippen LogP contribution in [0.1, 0.15) is 24.0 Å². The van der Waals surface area contributed by atoms with Gasteiger partial charge in [0.05, 0.1) is 29.9 Å². The van der Waals surface area contributed by atoms with Crippen molar-refractivity contribution in [1.82, 2.24) is 15.0 Å². The van der Waals surface area contributed by atoms with E-state index in [0.717, 1.165) is 6.07 Å². The molecular formula is C17H14F3N5O. The van der Waals surface area contributed by atoms with Crippen molar-refractivity contribution in [3.8, 4) is 23.1 Å². The minimum absolute atomic E-state index is 0.0101. The maximum absolute atomic E-state index is 13.3. The summed E-state index contributed by atoms with van der Waals surface area (Å²) < 4.78 is 45.1. The molecule has 0 saturated carbocycles. The van der Waals surface area contributed by atoms with Gasteiger partial charge in [0.25, 0.3) is 0 Å². The highest BCUT2D eigenvalue weighted by atomic mass is 19.4. The minimum Gasteiger partial charge on any atom is -0.493 e. The molecule has 0 aliphatic rings. The van der Waals surface area contributed by atoms with E-state index in [1.165, 1.54) is 18.2 Å². The van der Waals surface area contributed by atoms with Crippen LogP contribution < -0.4 is 10.5 Å². The lowest BCUT2D eigenvalue weighted by Crippen LogP contribution is -2.09. The predicted molar refractivity (Wildman–Crippen MR) is 88.1 cm³/mol. The number of nitrogens with two attached hydrogens (primary N) is 1. The zero-order valence-electron chi connectivity index (χ0n) is 13.7. The third kappa shape index (κ3) is 3.19. The highest BCUT2D eigenvalue weighted by Gasteiger charge is 2.35. The number of imidazole rings is 1. The molecule has 9 heteroatoms. The van der Waals surface area contributed by atoms with E-state index in [9.17, 15) is 18.4 Å². The van der Waals surface area contributed by atoms with Crippen molar-refractivity contribution in [1.29, 1.82) is 5.26 Å². The van der Waals surface area contributed by atoms with Gasteiger partial charge in [0.15, 0.2) is 5.69 Å². The fourth-order valence-electron chi connectivity index (χ4n) is 2.58. The number of rotatable bonds is 4. The molecule has 134 valence electrons. The van der Waals surface area contributed by atoms with Crippen LogP contribution in [0.15, 0.2) is 24.3 Å². The summed E-state index contributed by atoms with van der Waals surface area (Å²) in [5.74, 6) is 0.204. The summed E-state index contributed by atoms with van der Waals surface area (Å²) in [6.07, 6.45) is -4.58. The Morgan fingerprint density at radius 3 is 2.65 bits per heavy atom. The van der Waals surface area contributed by atoms with Gasteiger partial charge in [-0.15, -0.1) is 0 Å².